The minimum Gasteiger partial charge on any atom is -0.497 e. The molecule has 0 aliphatic rings. The van der Waals surface area contributed by atoms with Gasteiger partial charge in [0.1, 0.15) is 16.5 Å². The number of halogens is 1. The zero-order valence-electron chi connectivity index (χ0n) is 10.2. The Morgan fingerprint density at radius 3 is 2.35 bits per heavy atom. The summed E-state index contributed by atoms with van der Waals surface area (Å²) >= 11 is 0. The van der Waals surface area contributed by atoms with Crippen molar-refractivity contribution < 1.29 is 17.5 Å². The zero-order valence-corrected chi connectivity index (χ0v) is 11.1. The van der Waals surface area contributed by atoms with Gasteiger partial charge in [0.25, 0.3) is 0 Å². The molecule has 0 aliphatic heterocycles. The first-order valence-electron chi connectivity index (χ1n) is 5.03. The second kappa shape index (κ2) is 4.62. The Kier molecular flexibility index (Phi) is 3.78. The van der Waals surface area contributed by atoms with Crippen LogP contribution >= 0.6 is 0 Å². The van der Waals surface area contributed by atoms with Gasteiger partial charge in [-0.1, -0.05) is 0 Å². The summed E-state index contributed by atoms with van der Waals surface area (Å²) in [6.07, 6.45) is 0. The molecule has 0 unspecified atom stereocenters. The molecule has 0 aliphatic carbocycles. The lowest BCUT2D eigenvalue weighted by Crippen LogP contribution is -2.40. The molecule has 1 N–H and O–H groups in total. The van der Waals surface area contributed by atoms with E-state index in [9.17, 15) is 12.8 Å². The fourth-order valence-electron chi connectivity index (χ4n) is 1.27. The van der Waals surface area contributed by atoms with E-state index in [0.29, 0.717) is 5.75 Å². The summed E-state index contributed by atoms with van der Waals surface area (Å²) in [6.45, 7) is 5.05. The van der Waals surface area contributed by atoms with E-state index >= 15 is 0 Å². The maximum Gasteiger partial charge on any atom is 0.244 e. The van der Waals surface area contributed by atoms with Crippen molar-refractivity contribution in [1.29, 1.82) is 0 Å². The van der Waals surface area contributed by atoms with Crippen LogP contribution in [0.25, 0.3) is 0 Å². The van der Waals surface area contributed by atoms with Crippen molar-refractivity contribution >= 4 is 10.0 Å². The van der Waals surface area contributed by atoms with Crippen LogP contribution in [-0.4, -0.2) is 21.1 Å². The molecule has 0 saturated carbocycles. The number of rotatable bonds is 3. The van der Waals surface area contributed by atoms with E-state index in [-0.39, 0.29) is 0 Å². The maximum absolute atomic E-state index is 13.5. The Bertz CT molecular complexity index is 506. The summed E-state index contributed by atoms with van der Waals surface area (Å²) in [7, 11) is -2.50. The average molecular weight is 261 g/mol. The normalized spacial score (nSPS) is 12.5. The second-order valence-corrected chi connectivity index (χ2v) is 6.30. The van der Waals surface area contributed by atoms with Crippen molar-refractivity contribution in [1.82, 2.24) is 4.72 Å². The third-order valence-electron chi connectivity index (χ3n) is 1.87. The lowest BCUT2D eigenvalue weighted by molar-refractivity contribution is 0.410. The molecule has 4 nitrogen and oxygen atoms in total. The van der Waals surface area contributed by atoms with Crippen molar-refractivity contribution in [2.75, 3.05) is 7.11 Å². The first-order chi connectivity index (χ1) is 7.65. The van der Waals surface area contributed by atoms with Crippen LogP contribution in [0.4, 0.5) is 4.39 Å². The van der Waals surface area contributed by atoms with Crippen LogP contribution in [0, 0.1) is 5.82 Å². The molecule has 0 aromatic heterocycles. The van der Waals surface area contributed by atoms with Crippen LogP contribution in [-0.2, 0) is 10.0 Å². The van der Waals surface area contributed by atoms with Gasteiger partial charge in [0.2, 0.25) is 10.0 Å². The molecule has 17 heavy (non-hydrogen) atoms. The van der Waals surface area contributed by atoms with Gasteiger partial charge in [0.05, 0.1) is 7.11 Å². The van der Waals surface area contributed by atoms with Gasteiger partial charge in [-0.3, -0.25) is 0 Å². The molecule has 0 heterocycles. The van der Waals surface area contributed by atoms with E-state index in [1.807, 2.05) is 0 Å². The molecule has 96 valence electrons. The number of methoxy groups -OCH3 is 1. The Balaban J connectivity index is 3.23. The first kappa shape index (κ1) is 13.9. The molecule has 0 spiro atoms. The highest BCUT2D eigenvalue weighted by Gasteiger charge is 2.25. The summed E-state index contributed by atoms with van der Waals surface area (Å²) in [4.78, 5) is -0.410. The van der Waals surface area contributed by atoms with Gasteiger partial charge in [-0.05, 0) is 32.9 Å². The number of sulfonamides is 1. The van der Waals surface area contributed by atoms with E-state index in [1.165, 1.54) is 13.2 Å². The molecule has 1 rings (SSSR count). The van der Waals surface area contributed by atoms with Crippen molar-refractivity contribution in [2.45, 2.75) is 31.2 Å². The second-order valence-electron chi connectivity index (χ2n) is 4.65. The molecule has 0 radical (unpaired) electrons. The summed E-state index contributed by atoms with van der Waals surface area (Å²) in [6, 6.07) is 3.59. The summed E-state index contributed by atoms with van der Waals surface area (Å²) in [5, 5.41) is 0. The smallest absolute Gasteiger partial charge is 0.244 e. The van der Waals surface area contributed by atoms with Gasteiger partial charge in [-0.15, -0.1) is 0 Å². The number of nitrogens with one attached hydrogen (secondary N) is 1. The van der Waals surface area contributed by atoms with Crippen LogP contribution in [0.2, 0.25) is 0 Å². The molecule has 0 bridgehead atoms. The largest absolute Gasteiger partial charge is 0.497 e. The van der Waals surface area contributed by atoms with Gasteiger partial charge in [-0.25, -0.2) is 17.5 Å². The Morgan fingerprint density at radius 2 is 1.88 bits per heavy atom. The van der Waals surface area contributed by atoms with Crippen LogP contribution in [0.5, 0.6) is 5.75 Å². The number of ether oxygens (including phenoxy) is 1. The molecular weight excluding hydrogens is 245 g/mol. The highest BCUT2D eigenvalue weighted by molar-refractivity contribution is 7.89. The molecule has 0 amide bonds. The lowest BCUT2D eigenvalue weighted by Gasteiger charge is -2.20. The molecule has 6 heteroatoms. The van der Waals surface area contributed by atoms with Crippen LogP contribution in [0.1, 0.15) is 20.8 Å². The quantitative estimate of drug-likeness (QED) is 0.904. The molecule has 1 aromatic rings. The molecular formula is C11H16FNO3S. The predicted molar refractivity (Wildman–Crippen MR) is 63.0 cm³/mol. The van der Waals surface area contributed by atoms with Crippen molar-refractivity contribution in [3.8, 4) is 5.75 Å². The van der Waals surface area contributed by atoms with E-state index < -0.39 is 26.3 Å². The minimum absolute atomic E-state index is 0.292. The monoisotopic (exact) mass is 261 g/mol. The van der Waals surface area contributed by atoms with E-state index in [2.05, 4.69) is 4.72 Å². The van der Waals surface area contributed by atoms with Gasteiger partial charge >= 0.3 is 0 Å². The predicted octanol–water partition coefficient (Wildman–Crippen LogP) is 1.91. The lowest BCUT2D eigenvalue weighted by atomic mass is 10.1. The Morgan fingerprint density at radius 1 is 1.29 bits per heavy atom. The Labute approximate surface area is 101 Å². The average Bonchev–Trinajstić information content (AvgIpc) is 2.14. The van der Waals surface area contributed by atoms with Gasteiger partial charge in [0.15, 0.2) is 0 Å². The fourth-order valence-corrected chi connectivity index (χ4v) is 2.79. The van der Waals surface area contributed by atoms with Crippen LogP contribution in [0.3, 0.4) is 0 Å². The summed E-state index contributed by atoms with van der Waals surface area (Å²) in [5.74, 6) is -0.511. The number of benzene rings is 1. The Hall–Kier alpha value is -1.14. The first-order valence-corrected chi connectivity index (χ1v) is 6.51. The molecule has 1 aromatic carbocycles. The van der Waals surface area contributed by atoms with E-state index in [0.717, 1.165) is 12.1 Å². The van der Waals surface area contributed by atoms with E-state index in [1.54, 1.807) is 20.8 Å². The minimum atomic E-state index is -3.89. The standard InChI is InChI=1S/C11H16FNO3S/c1-11(2,3)13-17(14,15)10-7-8(16-4)5-6-9(10)12/h5-7,13H,1-4H3. The van der Waals surface area contributed by atoms with Crippen LogP contribution < -0.4 is 9.46 Å². The third-order valence-corrected chi connectivity index (χ3v) is 3.64. The summed E-state index contributed by atoms with van der Waals surface area (Å²) < 4.78 is 44.6. The van der Waals surface area contributed by atoms with E-state index in [4.69, 9.17) is 4.74 Å². The SMILES string of the molecule is COc1ccc(F)c(S(=O)(=O)NC(C)(C)C)c1. The van der Waals surface area contributed by atoms with Crippen molar-refractivity contribution in [3.63, 3.8) is 0 Å². The maximum atomic E-state index is 13.5. The highest BCUT2D eigenvalue weighted by Crippen LogP contribution is 2.22. The van der Waals surface area contributed by atoms with Crippen molar-refractivity contribution in [2.24, 2.45) is 0 Å². The van der Waals surface area contributed by atoms with Gasteiger partial charge in [0, 0.05) is 11.6 Å². The van der Waals surface area contributed by atoms with Gasteiger partial charge in [-0.2, -0.15) is 0 Å². The summed E-state index contributed by atoms with van der Waals surface area (Å²) in [5.41, 5.74) is -0.672. The number of hydrogen-bond donors (Lipinski definition) is 1. The highest BCUT2D eigenvalue weighted by atomic mass is 32.2. The van der Waals surface area contributed by atoms with Crippen LogP contribution in [0.15, 0.2) is 23.1 Å². The van der Waals surface area contributed by atoms with Crippen molar-refractivity contribution in [3.05, 3.63) is 24.0 Å². The zero-order chi connectivity index (χ0) is 13.3. The fraction of sp³-hybridized carbons (Fsp3) is 0.455. The van der Waals surface area contributed by atoms with Gasteiger partial charge < -0.3 is 4.74 Å². The molecule has 0 fully saturated rings. The third kappa shape index (κ3) is 3.67. The topological polar surface area (TPSA) is 55.4 Å². The number of hydrogen-bond acceptors (Lipinski definition) is 3. The molecule has 0 atom stereocenters. The molecule has 0 saturated heterocycles.